The molecule has 0 aliphatic heterocycles. The first-order valence-electron chi connectivity index (χ1n) is 7.19. The van der Waals surface area contributed by atoms with Crippen LogP contribution in [0.4, 0.5) is 10.1 Å². The molecule has 7 nitrogen and oxygen atoms in total. The normalized spacial score (nSPS) is 11.8. The van der Waals surface area contributed by atoms with Crippen LogP contribution in [0.5, 0.6) is 5.75 Å². The Morgan fingerprint density at radius 3 is 2.75 bits per heavy atom. The number of aromatic nitrogens is 4. The van der Waals surface area contributed by atoms with E-state index in [-0.39, 0.29) is 11.7 Å². The average Bonchev–Trinajstić information content (AvgIpc) is 3.12. The number of tetrazole rings is 1. The van der Waals surface area contributed by atoms with Gasteiger partial charge in [0, 0.05) is 11.3 Å². The number of halogens is 1. The lowest BCUT2D eigenvalue weighted by atomic mass is 10.2. The summed E-state index contributed by atoms with van der Waals surface area (Å²) in [5, 5.41) is 16.4. The zero-order chi connectivity index (χ0) is 16.9. The summed E-state index contributed by atoms with van der Waals surface area (Å²) in [4.78, 5) is 12.2. The summed E-state index contributed by atoms with van der Waals surface area (Å²) in [6.07, 6.45) is -0.746. The van der Waals surface area contributed by atoms with Crippen molar-refractivity contribution in [3.05, 3.63) is 54.3 Å². The number of hydrogen-bond donors (Lipinski definition) is 2. The number of hydrogen-bond acceptors (Lipinski definition) is 5. The summed E-state index contributed by atoms with van der Waals surface area (Å²) in [6, 6.07) is 12.5. The molecule has 0 saturated heterocycles. The van der Waals surface area contributed by atoms with Crippen LogP contribution in [0.1, 0.15) is 6.92 Å². The monoisotopic (exact) mass is 327 g/mol. The molecule has 8 heteroatoms. The van der Waals surface area contributed by atoms with Gasteiger partial charge in [-0.3, -0.25) is 4.79 Å². The van der Waals surface area contributed by atoms with Crippen molar-refractivity contribution in [3.63, 3.8) is 0 Å². The molecule has 1 heterocycles. The van der Waals surface area contributed by atoms with Gasteiger partial charge in [-0.2, -0.15) is 5.21 Å². The third-order valence-corrected chi connectivity index (χ3v) is 3.23. The molecule has 3 rings (SSSR count). The van der Waals surface area contributed by atoms with E-state index in [0.717, 1.165) is 0 Å². The molecule has 0 radical (unpaired) electrons. The molecule has 1 amide bonds. The second-order valence-corrected chi connectivity index (χ2v) is 5.02. The third-order valence-electron chi connectivity index (χ3n) is 3.23. The molecule has 0 saturated carbocycles. The van der Waals surface area contributed by atoms with E-state index in [1.165, 1.54) is 24.3 Å². The van der Waals surface area contributed by atoms with Crippen LogP contribution in [0.25, 0.3) is 11.4 Å². The molecule has 24 heavy (non-hydrogen) atoms. The van der Waals surface area contributed by atoms with Gasteiger partial charge in [0.15, 0.2) is 6.10 Å². The smallest absolute Gasteiger partial charge is 0.265 e. The number of rotatable bonds is 5. The van der Waals surface area contributed by atoms with Crippen LogP contribution in [0.2, 0.25) is 0 Å². The van der Waals surface area contributed by atoms with Crippen molar-refractivity contribution >= 4 is 11.6 Å². The molecule has 0 bridgehead atoms. The molecule has 2 N–H and O–H groups in total. The Bertz CT molecular complexity index is 821. The highest BCUT2D eigenvalue weighted by Gasteiger charge is 2.15. The highest BCUT2D eigenvalue weighted by molar-refractivity contribution is 5.94. The second-order valence-electron chi connectivity index (χ2n) is 5.02. The Labute approximate surface area is 136 Å². The van der Waals surface area contributed by atoms with Gasteiger partial charge < -0.3 is 10.1 Å². The summed E-state index contributed by atoms with van der Waals surface area (Å²) in [5.41, 5.74) is 1.30. The molecule has 0 spiro atoms. The van der Waals surface area contributed by atoms with Crippen molar-refractivity contribution in [2.75, 3.05) is 5.32 Å². The first kappa shape index (κ1) is 15.6. The molecule has 0 aliphatic rings. The average molecular weight is 327 g/mol. The topological polar surface area (TPSA) is 92.8 Å². The van der Waals surface area contributed by atoms with Gasteiger partial charge >= 0.3 is 0 Å². The summed E-state index contributed by atoms with van der Waals surface area (Å²) >= 11 is 0. The molecule has 0 fully saturated rings. The molecule has 1 atom stereocenters. The predicted molar refractivity (Wildman–Crippen MR) is 84.7 cm³/mol. The largest absolute Gasteiger partial charge is 0.481 e. The molecule has 0 unspecified atom stereocenters. The minimum Gasteiger partial charge on any atom is -0.481 e. The fraction of sp³-hybridized carbons (Fsp3) is 0.125. The summed E-state index contributed by atoms with van der Waals surface area (Å²) < 4.78 is 18.4. The molecule has 3 aromatic rings. The van der Waals surface area contributed by atoms with Crippen LogP contribution in [-0.2, 0) is 4.79 Å². The van der Waals surface area contributed by atoms with E-state index >= 15 is 0 Å². The standard InChI is InChI=1S/C16H14FN5O2/c1-10(24-14-7-5-12(17)6-8-14)16(23)18-13-4-2-3-11(9-13)15-19-21-22-20-15/h2-10H,1H3,(H,18,23)(H,19,20,21,22)/t10-/m1/s1. The molecule has 122 valence electrons. The maximum absolute atomic E-state index is 12.9. The molecule has 0 aliphatic carbocycles. The first-order chi connectivity index (χ1) is 11.6. The van der Waals surface area contributed by atoms with Gasteiger partial charge in [-0.15, -0.1) is 10.2 Å². The number of nitrogens with zero attached hydrogens (tertiary/aromatic N) is 3. The Balaban J connectivity index is 1.66. The van der Waals surface area contributed by atoms with E-state index in [4.69, 9.17) is 4.74 Å². The lowest BCUT2D eigenvalue weighted by Gasteiger charge is -2.15. The quantitative estimate of drug-likeness (QED) is 0.751. The summed E-state index contributed by atoms with van der Waals surface area (Å²) in [6.45, 7) is 1.61. The van der Waals surface area contributed by atoms with E-state index in [2.05, 4.69) is 25.9 Å². The highest BCUT2D eigenvalue weighted by Crippen LogP contribution is 2.19. The predicted octanol–water partition coefficient (Wildman–Crippen LogP) is 2.41. The van der Waals surface area contributed by atoms with Gasteiger partial charge in [0.05, 0.1) is 0 Å². The fourth-order valence-corrected chi connectivity index (χ4v) is 2.03. The number of carbonyl (C=O) groups excluding carboxylic acids is 1. The van der Waals surface area contributed by atoms with Gasteiger partial charge in [-0.25, -0.2) is 4.39 Å². The lowest BCUT2D eigenvalue weighted by molar-refractivity contribution is -0.122. The summed E-state index contributed by atoms with van der Waals surface area (Å²) in [7, 11) is 0. The van der Waals surface area contributed by atoms with Crippen LogP contribution >= 0.6 is 0 Å². The lowest BCUT2D eigenvalue weighted by Crippen LogP contribution is -2.30. The molecule has 1 aromatic heterocycles. The molecular weight excluding hydrogens is 313 g/mol. The van der Waals surface area contributed by atoms with Crippen molar-refractivity contribution in [1.29, 1.82) is 0 Å². The summed E-state index contributed by atoms with van der Waals surface area (Å²) in [5.74, 6) is 0.156. The zero-order valence-corrected chi connectivity index (χ0v) is 12.7. The highest BCUT2D eigenvalue weighted by atomic mass is 19.1. The Morgan fingerprint density at radius 1 is 1.25 bits per heavy atom. The number of benzene rings is 2. The Morgan fingerprint density at radius 2 is 2.04 bits per heavy atom. The number of anilines is 1. The van der Waals surface area contributed by atoms with Crippen molar-refractivity contribution < 1.29 is 13.9 Å². The van der Waals surface area contributed by atoms with Gasteiger partial charge in [0.25, 0.3) is 5.91 Å². The second kappa shape index (κ2) is 6.86. The van der Waals surface area contributed by atoms with Gasteiger partial charge in [-0.1, -0.05) is 12.1 Å². The van der Waals surface area contributed by atoms with Gasteiger partial charge in [0.2, 0.25) is 5.82 Å². The fourth-order valence-electron chi connectivity index (χ4n) is 2.03. The minimum atomic E-state index is -0.746. The van der Waals surface area contributed by atoms with E-state index in [1.54, 1.807) is 31.2 Å². The van der Waals surface area contributed by atoms with Crippen LogP contribution < -0.4 is 10.1 Å². The van der Waals surface area contributed by atoms with Crippen LogP contribution in [-0.4, -0.2) is 32.6 Å². The number of amides is 1. The van der Waals surface area contributed by atoms with Crippen LogP contribution in [0.3, 0.4) is 0 Å². The van der Waals surface area contributed by atoms with Crippen LogP contribution in [0, 0.1) is 5.82 Å². The number of H-pyrrole nitrogens is 1. The minimum absolute atomic E-state index is 0.329. The van der Waals surface area contributed by atoms with E-state index in [9.17, 15) is 9.18 Å². The van der Waals surface area contributed by atoms with Gasteiger partial charge in [-0.05, 0) is 48.5 Å². The number of nitrogens with one attached hydrogen (secondary N) is 2. The number of aromatic amines is 1. The molecule has 2 aromatic carbocycles. The Hall–Kier alpha value is -3.29. The molecular formula is C16H14FN5O2. The van der Waals surface area contributed by atoms with Crippen molar-refractivity contribution in [2.24, 2.45) is 0 Å². The maximum Gasteiger partial charge on any atom is 0.265 e. The Kier molecular flexibility index (Phi) is 4.46. The van der Waals surface area contributed by atoms with Crippen LogP contribution in [0.15, 0.2) is 48.5 Å². The van der Waals surface area contributed by atoms with Gasteiger partial charge in [0.1, 0.15) is 11.6 Å². The zero-order valence-electron chi connectivity index (χ0n) is 12.7. The van der Waals surface area contributed by atoms with Crippen molar-refractivity contribution in [1.82, 2.24) is 20.6 Å². The first-order valence-corrected chi connectivity index (χ1v) is 7.19. The SMILES string of the molecule is C[C@@H](Oc1ccc(F)cc1)C(=O)Nc1cccc(-c2nn[nH]n2)c1. The maximum atomic E-state index is 12.9. The van der Waals surface area contributed by atoms with Crippen molar-refractivity contribution in [2.45, 2.75) is 13.0 Å². The van der Waals surface area contributed by atoms with E-state index in [1.807, 2.05) is 0 Å². The third kappa shape index (κ3) is 3.72. The van der Waals surface area contributed by atoms with Crippen molar-refractivity contribution in [3.8, 4) is 17.1 Å². The van der Waals surface area contributed by atoms with E-state index < -0.39 is 6.10 Å². The van der Waals surface area contributed by atoms with E-state index in [0.29, 0.717) is 22.8 Å². The number of carbonyl (C=O) groups is 1. The number of ether oxygens (including phenoxy) is 1.